The van der Waals surface area contributed by atoms with Gasteiger partial charge in [-0.1, -0.05) is 46.7 Å². The van der Waals surface area contributed by atoms with Gasteiger partial charge in [0, 0.05) is 167 Å². The Hall–Kier alpha value is 2.28. The molecule has 0 radical (unpaired) electrons. The molecule has 0 unspecified atom stereocenters. The summed E-state index contributed by atoms with van der Waals surface area (Å²) in [4.78, 5) is 57.5. The predicted octanol–water partition coefficient (Wildman–Crippen LogP) is 33.2. The number of nitrogens with one attached hydrogen (secondary N) is 1. The Kier molecular flexibility index (Phi) is 62.1. The maximum Gasteiger partial charge on any atom is 0.150 e. The first-order chi connectivity index (χ1) is 63.9. The molecule has 742 valence electrons. The number of unbranched alkanes of at least 4 members (excludes halogenated alkanes) is 3. The average molecular weight is 3610 g/mol. The summed E-state index contributed by atoms with van der Waals surface area (Å²) in [6.07, 6.45) is 9.78. The number of thiol groups is 1. The molecule has 0 spiro atoms. The SMILES string of the molecule is C.C.CCC[CH2][Sn]([CH2]CCC)([CH2]CCC)[c]1ccc2nc(-c3ccc(N4CCN(C)CC4)cc3)sc2c1.CN1CCN(c2ccc(-c3nc4ccc(Br)cc4s3)cc2)CC1.CN1CCN(c2ccc(-c3nc4ccc(I)cc4s3)cc2)CC1.CN1CCN(c2ccc(C=O)cc2)CC1.CN1CCNCC1.II(I)I(I)I.II(I)I(I)I.Nc1ccc(Br)cc1S.O=Cc1ccc(F)cc1. The minimum atomic E-state index is -2.41. The summed E-state index contributed by atoms with van der Waals surface area (Å²) in [5.41, 5.74) is 19.6. The molecule has 3 N–H and O–H groups in total. The van der Waals surface area contributed by atoms with Crippen molar-refractivity contribution in [3.05, 3.63) is 224 Å². The van der Waals surface area contributed by atoms with Crippen LogP contribution in [0.25, 0.3) is 62.4 Å². The number of aromatic nitrogens is 3. The van der Waals surface area contributed by atoms with Crippen LogP contribution in [0.2, 0.25) is 13.3 Å². The van der Waals surface area contributed by atoms with Gasteiger partial charge >= 0.3 is 391 Å². The Balaban J connectivity index is 0.000000221. The molecule has 0 bridgehead atoms. The Morgan fingerprint density at radius 1 is 0.407 bits per heavy atom. The van der Waals surface area contributed by atoms with Crippen molar-refractivity contribution in [3.63, 3.8) is 0 Å². The summed E-state index contributed by atoms with van der Waals surface area (Å²) in [7, 11) is 9.63. The van der Waals surface area contributed by atoms with Crippen LogP contribution in [0.15, 0.2) is 208 Å². The van der Waals surface area contributed by atoms with Crippen LogP contribution in [0.4, 0.5) is 32.8 Å². The number of carbonyl (C=O) groups is 2. The van der Waals surface area contributed by atoms with Gasteiger partial charge in [0.25, 0.3) is 0 Å². The molecule has 9 aromatic carbocycles. The molecular weight excluding hydrogens is 3480 g/mol. The maximum absolute atomic E-state index is 12.1. The molecule has 0 aliphatic carbocycles. The topological polar surface area (TPSA) is 140 Å². The van der Waals surface area contributed by atoms with E-state index in [0.29, 0.717) is 17.5 Å². The normalized spacial score (nSPS) is 15.2. The van der Waals surface area contributed by atoms with Crippen LogP contribution in [0.5, 0.6) is 0 Å². The minimum Gasteiger partial charge on any atom is -0.398 e. The second kappa shape index (κ2) is 67.5. The van der Waals surface area contributed by atoms with E-state index in [1.54, 1.807) is 26.3 Å². The van der Waals surface area contributed by atoms with Gasteiger partial charge in [-0.25, -0.2) is 14.4 Å². The van der Waals surface area contributed by atoms with E-state index in [1.165, 1.54) is 157 Å². The van der Waals surface area contributed by atoms with Crippen LogP contribution in [0.1, 0.15) is 94.9 Å². The van der Waals surface area contributed by atoms with Gasteiger partial charge in [0.15, 0.2) is 0 Å². The average Bonchev–Trinajstić information content (AvgIpc) is 1.68. The van der Waals surface area contributed by atoms with E-state index in [9.17, 15) is 14.0 Å². The number of carbonyl (C=O) groups excluding carboxylic acids is 2. The summed E-state index contributed by atoms with van der Waals surface area (Å²) in [5.74, 6) is -0.319. The number of likely N-dealkylation sites (N-methyl/N-ethyl adjacent to an activating group) is 5. The van der Waals surface area contributed by atoms with Gasteiger partial charge in [-0.15, -0.1) is 35.3 Å². The van der Waals surface area contributed by atoms with Crippen molar-refractivity contribution in [2.45, 2.75) is 92.4 Å². The summed E-state index contributed by atoms with van der Waals surface area (Å²) < 4.78 is 25.7. The molecule has 3 aromatic heterocycles. The summed E-state index contributed by atoms with van der Waals surface area (Å²) in [6, 6.07) is 65.7. The quantitative estimate of drug-likeness (QED) is 0.0206. The van der Waals surface area contributed by atoms with E-state index in [0.717, 1.165) is 165 Å². The first-order valence-electron chi connectivity index (χ1n) is 44.1. The molecule has 37 heteroatoms. The molecule has 5 aliphatic heterocycles. The van der Waals surface area contributed by atoms with Crippen molar-refractivity contribution in [1.29, 1.82) is 0 Å². The number of nitrogen functional groups attached to an aromatic ring is 1. The monoisotopic (exact) mass is 3610 g/mol. The zero-order valence-corrected chi connectivity index (χ0v) is 114. The van der Waals surface area contributed by atoms with E-state index in [4.69, 9.17) is 20.7 Å². The molecule has 135 heavy (non-hydrogen) atoms. The maximum atomic E-state index is 12.1. The van der Waals surface area contributed by atoms with Crippen LogP contribution in [0, 0.1) is 9.39 Å². The molecular formula is C98H128Br2FI13N14O2S4Sn. The third-order valence-corrected chi connectivity index (χ3v) is 374. The number of hydrogen-bond acceptors (Lipinski definition) is 20. The fourth-order valence-electron chi connectivity index (χ4n) is 15.1. The first kappa shape index (κ1) is 124. The number of anilines is 5. The number of nitrogens with two attached hydrogens (primary N) is 1. The zero-order valence-electron chi connectivity index (χ0n) is 76.1. The fraction of sp³-hybridized carbons (Fsp3) is 0.398. The van der Waals surface area contributed by atoms with E-state index < -0.39 is 18.4 Å². The van der Waals surface area contributed by atoms with Crippen molar-refractivity contribution < 1.29 is 14.0 Å². The molecule has 0 atom stereocenters. The van der Waals surface area contributed by atoms with Crippen LogP contribution in [0.3, 0.4) is 0 Å². The van der Waals surface area contributed by atoms with Crippen molar-refractivity contribution in [2.24, 2.45) is 0 Å². The molecule has 8 heterocycles. The second-order valence-corrected chi connectivity index (χ2v) is 247. The number of rotatable bonds is 21. The zero-order chi connectivity index (χ0) is 95.9. The van der Waals surface area contributed by atoms with Gasteiger partial charge in [-0.2, -0.15) is 0 Å². The molecule has 5 aliphatic rings. The number of aldehydes is 2. The Morgan fingerprint density at radius 3 is 1.01 bits per heavy atom. The number of piperazine rings is 5. The molecule has 5 fully saturated rings. The van der Waals surface area contributed by atoms with Crippen molar-refractivity contribution in [2.75, 3.05) is 191 Å². The number of hydrogen-bond donors (Lipinski definition) is 3. The largest absolute Gasteiger partial charge is 0.398 e. The third kappa shape index (κ3) is 43.6. The van der Waals surface area contributed by atoms with Crippen LogP contribution < -0.4 is 34.2 Å². The molecule has 17 rings (SSSR count). The molecule has 0 amide bonds. The van der Waals surface area contributed by atoms with Crippen molar-refractivity contribution in [3.8, 4) is 31.7 Å². The number of fused-ring (bicyclic) bond motifs is 3. The Morgan fingerprint density at radius 2 is 0.704 bits per heavy atom. The van der Waals surface area contributed by atoms with Gasteiger partial charge in [0.1, 0.15) is 28.4 Å². The van der Waals surface area contributed by atoms with Gasteiger partial charge in [0.2, 0.25) is 0 Å². The van der Waals surface area contributed by atoms with Gasteiger partial charge in [0.05, 0.1) is 20.4 Å². The first-order valence-corrected chi connectivity index (χ1v) is 120. The predicted molar refractivity (Wildman–Crippen MR) is 720 cm³/mol. The van der Waals surface area contributed by atoms with Crippen LogP contribution in [-0.2, 0) is 0 Å². The van der Waals surface area contributed by atoms with Crippen LogP contribution in [-0.4, -0.2) is 237 Å². The van der Waals surface area contributed by atoms with Crippen LogP contribution >= 0.6 is 282 Å². The number of halogens is 16. The smallest absolute Gasteiger partial charge is 0.150 e. The van der Waals surface area contributed by atoms with Gasteiger partial charge < -0.3 is 50.2 Å². The molecule has 12 aromatic rings. The molecule has 5 saturated heterocycles. The number of benzene rings is 9. The second-order valence-electron chi connectivity index (χ2n) is 32.6. The standard InChI is InChI=1S/C18H18BrN3S.C18H18IN3S.C18H18N3S.C12H16N2O.C7H5FO.C6H6BrNS.C5H12N2.3C4H9.2CH4.2I6.Sn/c2*1-21-8-10-22(11-9-21)15-5-2-13(3-6-15)18-20-16-7-4-14(19)12-17(16)23-18;1-20-10-12-21(13-11-20)15-8-6-14(7-9-15)18-19-16-4-2-3-5-17(16)22-18;1-13-6-8-14(9-7-13)12-4-2-11(10-15)3-5-12;8-7-3-1-6(5-9)2-4-7;7-4-1-2-5(8)6(9)3-4;1-7-4-2-6-3-5-7;3*1-3-4-2;;;2*1-5(2)6(3)4;/h2*2-7,12H,8-11H2,1H3;2,4-9H,10-13H2,1H3;2-5,10H,6-9H2,1H3;1-5H;1-3,9H,8H2;6H,2-5H2,1H3;3*1,3-4H2,2H3;2*1H4;;;. The van der Waals surface area contributed by atoms with E-state index in [2.05, 4.69) is 443 Å². The molecule has 0 saturated carbocycles. The summed E-state index contributed by atoms with van der Waals surface area (Å²) in [6.45, 7) is 29.7. The number of nitrogens with zero attached hydrogens (tertiary/aromatic N) is 12. The summed E-state index contributed by atoms with van der Waals surface area (Å²) >= 11 is 37.3. The summed E-state index contributed by atoms with van der Waals surface area (Å²) in [5, 5.41) is 6.63. The van der Waals surface area contributed by atoms with Crippen molar-refractivity contribution >= 4 is 375 Å². The van der Waals surface area contributed by atoms with E-state index in [-0.39, 0.29) is 52.2 Å². The number of thiazole rings is 3. The van der Waals surface area contributed by atoms with E-state index >= 15 is 0 Å². The molecule has 16 nitrogen and oxygen atoms in total. The fourth-order valence-corrected chi connectivity index (χ4v) is 36.3. The minimum absolute atomic E-state index is 0. The van der Waals surface area contributed by atoms with Crippen molar-refractivity contribution in [1.82, 2.24) is 44.8 Å². The third-order valence-electron chi connectivity index (χ3n) is 23.1. The van der Waals surface area contributed by atoms with Gasteiger partial charge in [-0.05, 0) is 209 Å². The Bertz CT molecular complexity index is 5220. The van der Waals surface area contributed by atoms with Gasteiger partial charge in [-0.3, -0.25) is 9.59 Å². The van der Waals surface area contributed by atoms with E-state index in [1.807, 2.05) is 59.9 Å². The Labute approximate surface area is 955 Å².